The molecule has 6 aromatic rings. The largest absolute Gasteiger partial charge is 0.497 e. The van der Waals surface area contributed by atoms with Gasteiger partial charge in [0.05, 0.1) is 35.5 Å². The van der Waals surface area contributed by atoms with E-state index in [0.717, 1.165) is 39.5 Å². The first kappa shape index (κ1) is 25.6. The van der Waals surface area contributed by atoms with Gasteiger partial charge in [-0.25, -0.2) is 19.2 Å². The highest BCUT2D eigenvalue weighted by Gasteiger charge is 2.38. The van der Waals surface area contributed by atoms with Crippen molar-refractivity contribution in [3.8, 4) is 28.9 Å². The minimum absolute atomic E-state index is 0.196. The Morgan fingerprint density at radius 2 is 1.62 bits per heavy atom. The van der Waals surface area contributed by atoms with Crippen molar-refractivity contribution in [3.63, 3.8) is 0 Å². The molecule has 3 aromatic heterocycles. The summed E-state index contributed by atoms with van der Waals surface area (Å²) in [7, 11) is 5.70. The summed E-state index contributed by atoms with van der Waals surface area (Å²) in [6.45, 7) is 2.21. The van der Waals surface area contributed by atoms with E-state index in [1.54, 1.807) is 18.0 Å². The van der Waals surface area contributed by atoms with Crippen molar-refractivity contribution in [1.29, 1.82) is 0 Å². The summed E-state index contributed by atoms with van der Waals surface area (Å²) in [5.74, 6) is 2.89. The van der Waals surface area contributed by atoms with Crippen molar-refractivity contribution in [1.82, 2.24) is 29.4 Å². The van der Waals surface area contributed by atoms with Crippen LogP contribution in [0.15, 0.2) is 85.2 Å². The number of aromatic nitrogens is 6. The molecule has 210 valence electrons. The molecule has 0 saturated heterocycles. The zero-order valence-corrected chi connectivity index (χ0v) is 23.7. The summed E-state index contributed by atoms with van der Waals surface area (Å²) in [5.41, 5.74) is 6.43. The Labute approximate surface area is 242 Å². The third kappa shape index (κ3) is 4.37. The van der Waals surface area contributed by atoms with Gasteiger partial charge in [-0.15, -0.1) is 5.10 Å². The van der Waals surface area contributed by atoms with E-state index in [-0.39, 0.29) is 12.5 Å². The van der Waals surface area contributed by atoms with E-state index in [9.17, 15) is 0 Å². The molecule has 7 rings (SSSR count). The third-order valence-corrected chi connectivity index (χ3v) is 7.44. The molecule has 0 unspecified atom stereocenters. The highest BCUT2D eigenvalue weighted by Crippen LogP contribution is 2.49. The fourth-order valence-corrected chi connectivity index (χ4v) is 5.35. The maximum Gasteiger partial charge on any atom is 0.230 e. The van der Waals surface area contributed by atoms with Crippen LogP contribution in [-0.2, 0) is 6.61 Å². The number of hydrogen-bond donors (Lipinski definition) is 0. The summed E-state index contributed by atoms with van der Waals surface area (Å²) in [4.78, 5) is 11.7. The molecule has 3 aromatic carbocycles. The lowest BCUT2D eigenvalue weighted by Crippen LogP contribution is -2.16. The molecule has 0 spiro atoms. The number of anilines is 1. The number of methoxy groups -OCH3 is 1. The van der Waals surface area contributed by atoms with Gasteiger partial charge in [-0.2, -0.15) is 5.10 Å². The van der Waals surface area contributed by atoms with Crippen molar-refractivity contribution >= 4 is 11.3 Å². The summed E-state index contributed by atoms with van der Waals surface area (Å²) in [6.07, 6.45) is 1.63. The zero-order chi connectivity index (χ0) is 28.8. The lowest BCUT2D eigenvalue weighted by atomic mass is 9.84. The first-order valence-electron chi connectivity index (χ1n) is 13.6. The molecule has 0 aliphatic carbocycles. The van der Waals surface area contributed by atoms with Gasteiger partial charge in [-0.1, -0.05) is 30.3 Å². The van der Waals surface area contributed by atoms with Crippen molar-refractivity contribution < 1.29 is 14.2 Å². The van der Waals surface area contributed by atoms with Gasteiger partial charge in [0.15, 0.2) is 11.5 Å². The fourth-order valence-electron chi connectivity index (χ4n) is 5.35. The highest BCUT2D eigenvalue weighted by atomic mass is 16.5. The number of fused-ring (bicyclic) bond motifs is 4. The number of para-hydroxylation sites is 1. The molecule has 0 bridgehead atoms. The summed E-state index contributed by atoms with van der Waals surface area (Å²) >= 11 is 0. The van der Waals surface area contributed by atoms with Gasteiger partial charge in [0.1, 0.15) is 24.4 Å². The number of benzene rings is 3. The zero-order valence-electron chi connectivity index (χ0n) is 23.7. The van der Waals surface area contributed by atoms with E-state index in [2.05, 4.69) is 34.3 Å². The van der Waals surface area contributed by atoms with Crippen molar-refractivity contribution in [3.05, 3.63) is 113 Å². The van der Waals surface area contributed by atoms with Crippen LogP contribution >= 0.6 is 0 Å². The van der Waals surface area contributed by atoms with Crippen LogP contribution in [0.25, 0.3) is 11.3 Å². The lowest BCUT2D eigenvalue weighted by Gasteiger charge is -2.26. The van der Waals surface area contributed by atoms with Gasteiger partial charge in [-0.3, -0.25) is 0 Å². The molecular weight excluding hydrogens is 530 g/mol. The fraction of sp³-hybridized carbons (Fsp3) is 0.188. The van der Waals surface area contributed by atoms with Crippen LogP contribution in [0.3, 0.4) is 0 Å². The van der Waals surface area contributed by atoms with Gasteiger partial charge in [0.2, 0.25) is 11.8 Å². The molecule has 42 heavy (non-hydrogen) atoms. The maximum absolute atomic E-state index is 6.52. The molecule has 0 saturated carbocycles. The lowest BCUT2D eigenvalue weighted by molar-refractivity contribution is 0.295. The van der Waals surface area contributed by atoms with E-state index < -0.39 is 0 Å². The predicted molar refractivity (Wildman–Crippen MR) is 158 cm³/mol. The van der Waals surface area contributed by atoms with Crippen LogP contribution in [0.2, 0.25) is 0 Å². The molecule has 0 fully saturated rings. The van der Waals surface area contributed by atoms with Crippen LogP contribution in [0, 0.1) is 6.92 Å². The Bertz CT molecular complexity index is 1880. The average molecular weight is 560 g/mol. The van der Waals surface area contributed by atoms with Crippen LogP contribution in [0.5, 0.6) is 23.3 Å². The van der Waals surface area contributed by atoms with Crippen molar-refractivity contribution in [2.24, 2.45) is 0 Å². The minimum atomic E-state index is -0.229. The van der Waals surface area contributed by atoms with Crippen molar-refractivity contribution in [2.45, 2.75) is 19.4 Å². The Kier molecular flexibility index (Phi) is 6.23. The Morgan fingerprint density at radius 3 is 2.33 bits per heavy atom. The van der Waals surface area contributed by atoms with Gasteiger partial charge in [-0.05, 0) is 61.0 Å². The summed E-state index contributed by atoms with van der Waals surface area (Å²) in [5, 5.41) is 9.59. The van der Waals surface area contributed by atoms with Crippen LogP contribution < -0.4 is 19.1 Å². The summed E-state index contributed by atoms with van der Waals surface area (Å²) < 4.78 is 21.3. The monoisotopic (exact) mass is 559 g/mol. The highest BCUT2D eigenvalue weighted by molar-refractivity contribution is 5.67. The molecule has 4 heterocycles. The SMILES string of the molecule is COc1ccc(OCc2nc3c4c(ncn3n2)Oc2c(c(C)nn2-c2ccccc2)[C@@H]4c2ccc(N(C)C)cc2)cc1. The second kappa shape index (κ2) is 10.2. The van der Waals surface area contributed by atoms with Crippen molar-refractivity contribution in [2.75, 3.05) is 26.1 Å². The van der Waals surface area contributed by atoms with E-state index in [4.69, 9.17) is 29.3 Å². The van der Waals surface area contributed by atoms with Crippen LogP contribution in [0.1, 0.15) is 34.1 Å². The Hall–Kier alpha value is -5.38. The Balaban J connectivity index is 1.34. The minimum Gasteiger partial charge on any atom is -0.497 e. The predicted octanol–water partition coefficient (Wildman–Crippen LogP) is 5.56. The second-order valence-electron chi connectivity index (χ2n) is 10.3. The van der Waals surface area contributed by atoms with Gasteiger partial charge in [0, 0.05) is 19.8 Å². The molecule has 1 aliphatic heterocycles. The molecular formula is C32H29N7O3. The van der Waals surface area contributed by atoms with Gasteiger partial charge in [0.25, 0.3) is 0 Å². The Morgan fingerprint density at radius 1 is 0.881 bits per heavy atom. The molecule has 0 N–H and O–H groups in total. The number of ether oxygens (including phenoxy) is 3. The topological polar surface area (TPSA) is 91.8 Å². The molecule has 10 nitrogen and oxygen atoms in total. The standard InChI is InChI=1S/C32H29N7O3/c1-20-27-28(21-10-12-22(13-11-21)37(2)3)29-30-34-26(18-41-25-16-14-24(40-4)15-17-25)36-38(30)19-33-31(29)42-32(27)39(35-20)23-8-6-5-7-9-23/h5-17,19,28H,18H2,1-4H3/t28-/m0/s1. The molecule has 0 amide bonds. The van der Waals surface area contributed by atoms with E-state index in [0.29, 0.717) is 29.0 Å². The quantitative estimate of drug-likeness (QED) is 0.251. The smallest absolute Gasteiger partial charge is 0.230 e. The van der Waals surface area contributed by atoms with Crippen LogP contribution in [-0.4, -0.2) is 50.6 Å². The van der Waals surface area contributed by atoms with Gasteiger partial charge < -0.3 is 19.1 Å². The van der Waals surface area contributed by atoms with Gasteiger partial charge >= 0.3 is 0 Å². The van der Waals surface area contributed by atoms with E-state index in [1.807, 2.05) is 80.3 Å². The summed E-state index contributed by atoms with van der Waals surface area (Å²) in [6, 6.07) is 25.9. The molecule has 0 radical (unpaired) electrons. The number of hydrogen-bond acceptors (Lipinski definition) is 8. The molecule has 1 atom stereocenters. The maximum atomic E-state index is 6.52. The second-order valence-corrected chi connectivity index (χ2v) is 10.3. The first-order valence-corrected chi connectivity index (χ1v) is 13.6. The molecule has 1 aliphatic rings. The third-order valence-electron chi connectivity index (χ3n) is 7.44. The number of nitrogens with zero attached hydrogens (tertiary/aromatic N) is 7. The number of aryl methyl sites for hydroxylation is 1. The normalized spacial score (nSPS) is 13.8. The van der Waals surface area contributed by atoms with E-state index in [1.165, 1.54) is 0 Å². The van der Waals surface area contributed by atoms with E-state index >= 15 is 0 Å². The molecule has 10 heteroatoms. The van der Waals surface area contributed by atoms with Crippen LogP contribution in [0.4, 0.5) is 5.69 Å². The number of rotatable bonds is 7. The first-order chi connectivity index (χ1) is 20.5. The average Bonchev–Trinajstić information content (AvgIpc) is 3.60.